The first-order valence-electron chi connectivity index (χ1n) is 13.6. The Labute approximate surface area is 249 Å². The van der Waals surface area contributed by atoms with Crippen LogP contribution in [0.15, 0.2) is 51.7 Å². The van der Waals surface area contributed by atoms with E-state index >= 15 is 0 Å². The van der Waals surface area contributed by atoms with Crippen LogP contribution in [0.2, 0.25) is 0 Å². The molecule has 0 amide bonds. The van der Waals surface area contributed by atoms with Gasteiger partial charge in [-0.3, -0.25) is 9.59 Å². The first kappa shape index (κ1) is 31.6. The third-order valence-corrected chi connectivity index (χ3v) is 7.37. The lowest BCUT2D eigenvalue weighted by Crippen LogP contribution is -2.64. The number of phenols is 2. The molecular weight excluding hydrogens is 588 g/mol. The molecule has 1 unspecified atom stereocenters. The van der Waals surface area contributed by atoms with Crippen LogP contribution >= 0.6 is 0 Å². The van der Waals surface area contributed by atoms with E-state index in [1.54, 1.807) is 0 Å². The summed E-state index contributed by atoms with van der Waals surface area (Å²) in [6, 6.07) is 9.27. The van der Waals surface area contributed by atoms with Gasteiger partial charge in [0.05, 0.1) is 6.10 Å². The summed E-state index contributed by atoms with van der Waals surface area (Å²) >= 11 is 0. The van der Waals surface area contributed by atoms with Crippen LogP contribution in [-0.2, 0) is 23.7 Å². The maximum Gasteiger partial charge on any atom is 0.302 e. The fourth-order valence-corrected chi connectivity index (χ4v) is 5.01. The van der Waals surface area contributed by atoms with Gasteiger partial charge in [-0.2, -0.15) is 0 Å². The number of hydrogen-bond acceptors (Lipinski definition) is 15. The van der Waals surface area contributed by atoms with Gasteiger partial charge in [-0.1, -0.05) is 0 Å². The summed E-state index contributed by atoms with van der Waals surface area (Å²) in [6.07, 6.45) is -15.7. The Morgan fingerprint density at radius 3 is 2.20 bits per heavy atom. The van der Waals surface area contributed by atoms with E-state index in [0.29, 0.717) is 5.56 Å². The predicted molar refractivity (Wildman–Crippen MR) is 146 cm³/mol. The normalized spacial score (nSPS) is 32.3. The SMILES string of the molecule is CC(=O)OC[C@H]1O[C@@H](Oc2cc(O)cc3oc(-c4ccc(O)cc4)cc(=O)c23)[C@H](O)[C@@H](O)[C@@H]1OC1O[C@@H](C)[C@H](O)[C@@H](O)[C@H]1O. The van der Waals surface area contributed by atoms with Gasteiger partial charge >= 0.3 is 5.97 Å². The van der Waals surface area contributed by atoms with Gasteiger partial charge in [-0.15, -0.1) is 0 Å². The van der Waals surface area contributed by atoms with Gasteiger partial charge in [0.1, 0.15) is 83.3 Å². The van der Waals surface area contributed by atoms with E-state index in [9.17, 15) is 45.3 Å². The van der Waals surface area contributed by atoms with Crippen molar-refractivity contribution in [3.8, 4) is 28.6 Å². The zero-order valence-corrected chi connectivity index (χ0v) is 23.4. The molecule has 2 aliphatic heterocycles. The number of carbonyl (C=O) groups is 1. The first-order valence-corrected chi connectivity index (χ1v) is 13.6. The molecule has 2 aromatic carbocycles. The van der Waals surface area contributed by atoms with Crippen molar-refractivity contribution in [2.24, 2.45) is 0 Å². The van der Waals surface area contributed by atoms with Crippen LogP contribution in [0.1, 0.15) is 13.8 Å². The van der Waals surface area contributed by atoms with Crippen molar-refractivity contribution in [2.45, 2.75) is 75.3 Å². The molecule has 0 aliphatic carbocycles. The maximum absolute atomic E-state index is 13.2. The average Bonchev–Trinajstić information content (AvgIpc) is 2.97. The second-order valence-electron chi connectivity index (χ2n) is 10.6. The molecule has 15 heteroatoms. The zero-order valence-electron chi connectivity index (χ0n) is 23.4. The van der Waals surface area contributed by atoms with Crippen molar-refractivity contribution < 1.29 is 68.6 Å². The molecule has 0 bridgehead atoms. The van der Waals surface area contributed by atoms with E-state index in [0.717, 1.165) is 13.0 Å². The van der Waals surface area contributed by atoms with Crippen molar-refractivity contribution in [3.63, 3.8) is 0 Å². The lowest BCUT2D eigenvalue weighted by Gasteiger charge is -2.45. The fraction of sp³-hybridized carbons (Fsp3) is 0.448. The summed E-state index contributed by atoms with van der Waals surface area (Å²) in [6.45, 7) is 2.02. The number of esters is 1. The third-order valence-electron chi connectivity index (χ3n) is 7.37. The quantitative estimate of drug-likeness (QED) is 0.165. The molecule has 15 nitrogen and oxygen atoms in total. The minimum atomic E-state index is -1.87. The van der Waals surface area contributed by atoms with Crippen LogP contribution in [0.5, 0.6) is 17.2 Å². The Bertz CT molecular complexity index is 1540. The minimum absolute atomic E-state index is 0.00600. The molecular formula is C29H32O15. The van der Waals surface area contributed by atoms with E-state index in [2.05, 4.69) is 0 Å². The molecule has 44 heavy (non-hydrogen) atoms. The summed E-state index contributed by atoms with van der Waals surface area (Å²) in [5.74, 6) is -1.23. The number of hydrogen-bond donors (Lipinski definition) is 7. The van der Waals surface area contributed by atoms with Crippen LogP contribution in [0, 0.1) is 0 Å². The monoisotopic (exact) mass is 620 g/mol. The molecule has 10 atom stereocenters. The van der Waals surface area contributed by atoms with Crippen LogP contribution in [0.4, 0.5) is 0 Å². The maximum atomic E-state index is 13.2. The number of carbonyl (C=O) groups excluding carboxylic acids is 1. The van der Waals surface area contributed by atoms with E-state index in [1.807, 2.05) is 0 Å². The van der Waals surface area contributed by atoms with E-state index in [-0.39, 0.29) is 34.0 Å². The molecule has 0 saturated carbocycles. The van der Waals surface area contributed by atoms with Crippen molar-refractivity contribution in [2.75, 3.05) is 6.61 Å². The summed E-state index contributed by atoms with van der Waals surface area (Å²) in [5, 5.41) is 72.3. The summed E-state index contributed by atoms with van der Waals surface area (Å²) in [4.78, 5) is 24.8. The second kappa shape index (κ2) is 12.7. The standard InChI is InChI=1S/C29H32O15/c1-11-22(34)23(35)25(37)28(40-11)44-27-20(10-39-12(2)30)43-29(26(38)24(27)36)42-19-8-15(32)7-18-21(19)16(33)9-17(41-18)13-3-5-14(31)6-4-13/h3-9,11,20,22-29,31-32,34-38H,10H2,1-2H3/t11-,20+,22-,23+,24+,25+,26+,27+,28?,29+/m0/s1. The molecule has 238 valence electrons. The highest BCUT2D eigenvalue weighted by Crippen LogP contribution is 2.35. The Morgan fingerprint density at radius 1 is 0.841 bits per heavy atom. The fourth-order valence-electron chi connectivity index (χ4n) is 5.01. The molecule has 0 radical (unpaired) electrons. The van der Waals surface area contributed by atoms with Gasteiger partial charge in [0, 0.05) is 30.7 Å². The Hall–Kier alpha value is -3.80. The number of phenolic OH excluding ortho intramolecular Hbond substituents is 2. The number of ether oxygens (including phenoxy) is 5. The predicted octanol–water partition coefficient (Wildman–Crippen LogP) is -0.528. The topological polar surface area (TPSA) is 235 Å². The lowest BCUT2D eigenvalue weighted by molar-refractivity contribution is -0.349. The molecule has 2 saturated heterocycles. The first-order chi connectivity index (χ1) is 20.8. The van der Waals surface area contributed by atoms with Gasteiger partial charge in [0.25, 0.3) is 0 Å². The van der Waals surface area contributed by atoms with Crippen molar-refractivity contribution in [3.05, 3.63) is 52.7 Å². The number of aromatic hydroxyl groups is 2. The molecule has 1 aromatic heterocycles. The van der Waals surface area contributed by atoms with E-state index in [4.69, 9.17) is 28.1 Å². The van der Waals surface area contributed by atoms with Crippen LogP contribution in [0.25, 0.3) is 22.3 Å². The smallest absolute Gasteiger partial charge is 0.302 e. The number of fused-ring (bicyclic) bond motifs is 1. The molecule has 2 fully saturated rings. The van der Waals surface area contributed by atoms with Gasteiger partial charge in [-0.05, 0) is 31.2 Å². The highest BCUT2D eigenvalue weighted by molar-refractivity contribution is 5.86. The molecule has 5 rings (SSSR count). The molecule has 3 heterocycles. The van der Waals surface area contributed by atoms with Crippen molar-refractivity contribution >= 4 is 16.9 Å². The Kier molecular flexibility index (Phi) is 9.10. The largest absolute Gasteiger partial charge is 0.508 e. The van der Waals surface area contributed by atoms with E-state index in [1.165, 1.54) is 43.3 Å². The second-order valence-corrected chi connectivity index (χ2v) is 10.6. The number of rotatable bonds is 7. The van der Waals surface area contributed by atoms with Crippen LogP contribution in [-0.4, -0.2) is 110 Å². The third kappa shape index (κ3) is 6.36. The summed E-state index contributed by atoms with van der Waals surface area (Å²) in [5.41, 5.74) is -0.215. The number of aliphatic hydroxyl groups is 5. The average molecular weight is 621 g/mol. The molecule has 3 aromatic rings. The highest BCUT2D eigenvalue weighted by Gasteiger charge is 2.51. The molecule has 0 spiro atoms. The van der Waals surface area contributed by atoms with Gasteiger partial charge in [0.15, 0.2) is 11.7 Å². The van der Waals surface area contributed by atoms with Gasteiger partial charge < -0.3 is 63.8 Å². The van der Waals surface area contributed by atoms with Crippen molar-refractivity contribution in [1.29, 1.82) is 0 Å². The number of benzene rings is 2. The Balaban J connectivity index is 1.43. The van der Waals surface area contributed by atoms with Crippen LogP contribution < -0.4 is 10.2 Å². The van der Waals surface area contributed by atoms with Crippen molar-refractivity contribution in [1.82, 2.24) is 0 Å². The highest BCUT2D eigenvalue weighted by atomic mass is 16.7. The summed E-state index contributed by atoms with van der Waals surface area (Å²) in [7, 11) is 0. The van der Waals surface area contributed by atoms with Crippen LogP contribution in [0.3, 0.4) is 0 Å². The van der Waals surface area contributed by atoms with Gasteiger partial charge in [-0.25, -0.2) is 0 Å². The minimum Gasteiger partial charge on any atom is -0.508 e. The zero-order chi connectivity index (χ0) is 31.9. The molecule has 2 aliphatic rings. The molecule has 7 N–H and O–H groups in total. The van der Waals surface area contributed by atoms with Gasteiger partial charge in [0.2, 0.25) is 6.29 Å². The summed E-state index contributed by atoms with van der Waals surface area (Å²) < 4.78 is 33.6. The number of aliphatic hydroxyl groups excluding tert-OH is 5. The Morgan fingerprint density at radius 2 is 1.52 bits per heavy atom. The van der Waals surface area contributed by atoms with E-state index < -0.39 is 79.4 Å². The lowest BCUT2D eigenvalue weighted by atomic mass is 9.97.